The first-order chi connectivity index (χ1) is 18.7. The van der Waals surface area contributed by atoms with Gasteiger partial charge in [0.25, 0.3) is 0 Å². The van der Waals surface area contributed by atoms with Crippen LogP contribution < -0.4 is 20.7 Å². The monoisotopic (exact) mass is 538 g/mol. The first-order valence-corrected chi connectivity index (χ1v) is 13.8. The number of carbonyl (C=O) groups excluding carboxylic acids is 3. The van der Waals surface area contributed by atoms with E-state index < -0.39 is 24.0 Å². The highest BCUT2D eigenvalue weighted by Gasteiger charge is 2.39. The molecule has 39 heavy (non-hydrogen) atoms. The van der Waals surface area contributed by atoms with E-state index in [2.05, 4.69) is 16.0 Å². The maximum absolute atomic E-state index is 13.5. The topological polar surface area (TPSA) is 99.8 Å². The number of hydrogen-bond donors (Lipinski definition) is 3. The van der Waals surface area contributed by atoms with Gasteiger partial charge in [0.15, 0.2) is 0 Å². The molecule has 1 heterocycles. The lowest BCUT2D eigenvalue weighted by Gasteiger charge is -2.30. The third-order valence-electron chi connectivity index (χ3n) is 7.54. The fourth-order valence-electron chi connectivity index (χ4n) is 4.86. The van der Waals surface area contributed by atoms with Crippen LogP contribution in [0.25, 0.3) is 0 Å². The molecule has 3 amide bonds. The molecule has 9 heteroatoms. The number of rotatable bonds is 3. The van der Waals surface area contributed by atoms with Crippen LogP contribution >= 0.6 is 0 Å². The number of benzene rings is 2. The van der Waals surface area contributed by atoms with Gasteiger partial charge in [0.1, 0.15) is 30.3 Å². The maximum Gasteiger partial charge on any atom is 0.243 e. The van der Waals surface area contributed by atoms with E-state index >= 15 is 0 Å². The minimum atomic E-state index is -0.882. The summed E-state index contributed by atoms with van der Waals surface area (Å²) in [4.78, 5) is 41.4. The van der Waals surface area contributed by atoms with Crippen LogP contribution in [0, 0.1) is 17.7 Å². The first-order valence-electron chi connectivity index (χ1n) is 13.8. The number of para-hydroxylation sites is 1. The number of fused-ring (bicyclic) bond motifs is 1. The molecule has 0 aromatic heterocycles. The first kappa shape index (κ1) is 28.5. The SMILES string of the molecule is CC1CNC(=O)[C@@H](Cc2ccc(F)cc2)NC(=O)[C@@H](C)N(C)C(=O)[C@H](C2CC2)NCCOc2ccccc2C1. The average molecular weight is 539 g/mol. The molecule has 2 aliphatic rings. The van der Waals surface area contributed by atoms with Gasteiger partial charge in [-0.15, -0.1) is 0 Å². The summed E-state index contributed by atoms with van der Waals surface area (Å²) < 4.78 is 19.5. The molecule has 1 fully saturated rings. The molecule has 4 rings (SSSR count). The second-order valence-electron chi connectivity index (χ2n) is 10.8. The summed E-state index contributed by atoms with van der Waals surface area (Å²) >= 11 is 0. The van der Waals surface area contributed by atoms with Gasteiger partial charge < -0.3 is 25.6 Å². The quantitative estimate of drug-likeness (QED) is 0.558. The van der Waals surface area contributed by atoms with Gasteiger partial charge in [0.05, 0.1) is 6.04 Å². The number of nitrogens with one attached hydrogen (secondary N) is 3. The molecule has 8 nitrogen and oxygen atoms in total. The second kappa shape index (κ2) is 13.1. The Labute approximate surface area is 229 Å². The molecular formula is C30H39FN4O4. The summed E-state index contributed by atoms with van der Waals surface area (Å²) in [5, 5.41) is 9.17. The van der Waals surface area contributed by atoms with E-state index in [-0.39, 0.29) is 35.9 Å². The van der Waals surface area contributed by atoms with Crippen LogP contribution in [-0.4, -0.2) is 67.5 Å². The minimum absolute atomic E-state index is 0.111. The van der Waals surface area contributed by atoms with Crippen LogP contribution in [0.15, 0.2) is 48.5 Å². The van der Waals surface area contributed by atoms with Crippen molar-refractivity contribution < 1.29 is 23.5 Å². The van der Waals surface area contributed by atoms with Crippen molar-refractivity contribution in [3.8, 4) is 5.75 Å². The van der Waals surface area contributed by atoms with Crippen molar-refractivity contribution in [2.75, 3.05) is 26.7 Å². The van der Waals surface area contributed by atoms with Crippen molar-refractivity contribution in [1.29, 1.82) is 0 Å². The molecule has 1 saturated carbocycles. The lowest BCUT2D eigenvalue weighted by Crippen LogP contribution is -2.57. The third kappa shape index (κ3) is 7.79. The Hall–Kier alpha value is -3.46. The van der Waals surface area contributed by atoms with Crippen molar-refractivity contribution in [3.63, 3.8) is 0 Å². The predicted octanol–water partition coefficient (Wildman–Crippen LogP) is 2.46. The number of hydrogen-bond acceptors (Lipinski definition) is 5. The number of likely N-dealkylation sites (N-methyl/N-ethyl adjacent to an activating group) is 1. The van der Waals surface area contributed by atoms with Crippen LogP contribution in [0.4, 0.5) is 4.39 Å². The molecule has 3 N–H and O–H groups in total. The van der Waals surface area contributed by atoms with Gasteiger partial charge >= 0.3 is 0 Å². The van der Waals surface area contributed by atoms with Crippen molar-refractivity contribution in [2.45, 2.75) is 57.7 Å². The van der Waals surface area contributed by atoms with Gasteiger partial charge in [-0.05, 0) is 67.3 Å². The Kier molecular flexibility index (Phi) is 9.56. The summed E-state index contributed by atoms with van der Waals surface area (Å²) in [6, 6.07) is 11.6. The van der Waals surface area contributed by atoms with Crippen LogP contribution in [0.3, 0.4) is 0 Å². The van der Waals surface area contributed by atoms with E-state index in [0.29, 0.717) is 31.7 Å². The van der Waals surface area contributed by atoms with Gasteiger partial charge in [-0.2, -0.15) is 0 Å². The summed E-state index contributed by atoms with van der Waals surface area (Å²) in [5.74, 6) is -0.151. The predicted molar refractivity (Wildman–Crippen MR) is 147 cm³/mol. The highest BCUT2D eigenvalue weighted by Crippen LogP contribution is 2.33. The fraction of sp³-hybridized carbons (Fsp3) is 0.500. The summed E-state index contributed by atoms with van der Waals surface area (Å²) in [5.41, 5.74) is 1.76. The van der Waals surface area contributed by atoms with E-state index in [1.165, 1.54) is 17.0 Å². The van der Waals surface area contributed by atoms with Gasteiger partial charge in [-0.1, -0.05) is 37.3 Å². The number of carbonyl (C=O) groups is 3. The maximum atomic E-state index is 13.5. The highest BCUT2D eigenvalue weighted by molar-refractivity contribution is 5.93. The molecular weight excluding hydrogens is 499 g/mol. The Balaban J connectivity index is 1.57. The lowest BCUT2D eigenvalue weighted by atomic mass is 9.99. The molecule has 0 spiro atoms. The molecule has 1 aliphatic carbocycles. The molecule has 2 aromatic rings. The largest absolute Gasteiger partial charge is 0.492 e. The Morgan fingerprint density at radius 2 is 1.72 bits per heavy atom. The van der Waals surface area contributed by atoms with E-state index in [1.807, 2.05) is 31.2 Å². The zero-order valence-electron chi connectivity index (χ0n) is 22.9. The lowest BCUT2D eigenvalue weighted by molar-refractivity contribution is -0.141. The molecule has 0 radical (unpaired) electrons. The van der Waals surface area contributed by atoms with Crippen molar-refractivity contribution in [3.05, 3.63) is 65.5 Å². The minimum Gasteiger partial charge on any atom is -0.492 e. The van der Waals surface area contributed by atoms with Crippen LogP contribution in [-0.2, 0) is 27.2 Å². The molecule has 1 aliphatic heterocycles. The number of halogens is 1. The zero-order chi connectivity index (χ0) is 27.9. The van der Waals surface area contributed by atoms with E-state index in [9.17, 15) is 18.8 Å². The Morgan fingerprint density at radius 1 is 1.00 bits per heavy atom. The number of nitrogens with zero attached hydrogens (tertiary/aromatic N) is 1. The fourth-order valence-corrected chi connectivity index (χ4v) is 4.86. The normalized spacial score (nSPS) is 25.9. The molecule has 1 unspecified atom stereocenters. The summed E-state index contributed by atoms with van der Waals surface area (Å²) in [6.45, 7) is 5.02. The van der Waals surface area contributed by atoms with E-state index in [4.69, 9.17) is 4.74 Å². The number of amides is 3. The third-order valence-corrected chi connectivity index (χ3v) is 7.54. The molecule has 0 bridgehead atoms. The smallest absolute Gasteiger partial charge is 0.243 e. The van der Waals surface area contributed by atoms with Crippen LogP contribution in [0.1, 0.15) is 37.8 Å². The average Bonchev–Trinajstić information content (AvgIpc) is 3.77. The Morgan fingerprint density at radius 3 is 2.44 bits per heavy atom. The van der Waals surface area contributed by atoms with Gasteiger partial charge in [0, 0.05) is 26.6 Å². The van der Waals surface area contributed by atoms with Gasteiger partial charge in [0.2, 0.25) is 17.7 Å². The number of ether oxygens (including phenoxy) is 1. The van der Waals surface area contributed by atoms with Gasteiger partial charge in [-0.25, -0.2) is 4.39 Å². The Bertz CT molecular complexity index is 1150. The second-order valence-corrected chi connectivity index (χ2v) is 10.8. The standard InChI is InChI=1S/C30H39FN4O4/c1-19-16-23-6-4-5-7-26(23)39-15-14-32-27(22-10-11-22)30(38)35(3)20(2)28(36)34-25(29(37)33-18-19)17-21-8-12-24(31)13-9-21/h4-9,12-13,19-20,22,25,27,32H,10-11,14-18H2,1-3H3,(H,33,37)(H,34,36)/t19?,20-,25-,27+/m1/s1. The van der Waals surface area contributed by atoms with Crippen LogP contribution in [0.5, 0.6) is 5.75 Å². The van der Waals surface area contributed by atoms with Crippen LogP contribution in [0.2, 0.25) is 0 Å². The van der Waals surface area contributed by atoms with Crippen molar-refractivity contribution in [1.82, 2.24) is 20.9 Å². The zero-order valence-corrected chi connectivity index (χ0v) is 22.9. The van der Waals surface area contributed by atoms with Gasteiger partial charge in [-0.3, -0.25) is 14.4 Å². The van der Waals surface area contributed by atoms with E-state index in [1.54, 1.807) is 26.1 Å². The van der Waals surface area contributed by atoms with E-state index in [0.717, 1.165) is 24.2 Å². The molecule has 0 saturated heterocycles. The molecule has 210 valence electrons. The van der Waals surface area contributed by atoms with Crippen molar-refractivity contribution >= 4 is 17.7 Å². The summed E-state index contributed by atoms with van der Waals surface area (Å²) in [6.07, 6.45) is 2.81. The molecule has 4 atom stereocenters. The molecule has 2 aromatic carbocycles. The van der Waals surface area contributed by atoms with Crippen molar-refractivity contribution in [2.24, 2.45) is 11.8 Å². The highest BCUT2D eigenvalue weighted by atomic mass is 19.1. The summed E-state index contributed by atoms with van der Waals surface area (Å²) in [7, 11) is 1.62.